The Labute approximate surface area is 80.5 Å². The van der Waals surface area contributed by atoms with E-state index < -0.39 is 0 Å². The van der Waals surface area contributed by atoms with Crippen LogP contribution in [-0.2, 0) is 0 Å². The summed E-state index contributed by atoms with van der Waals surface area (Å²) in [6.07, 6.45) is 3.95. The number of nitrogens with two attached hydrogens (primary N) is 2. The molecule has 2 aliphatic rings. The minimum Gasteiger partial charge on any atom is -0.329 e. The van der Waals surface area contributed by atoms with E-state index >= 15 is 0 Å². The average molecular weight is 183 g/mol. The molecule has 1 saturated heterocycles. The fourth-order valence-electron chi connectivity index (χ4n) is 2.97. The van der Waals surface area contributed by atoms with Crippen LogP contribution >= 0.6 is 0 Å². The van der Waals surface area contributed by atoms with Crippen LogP contribution in [-0.4, -0.2) is 37.1 Å². The maximum atomic E-state index is 6.12. The van der Waals surface area contributed by atoms with Gasteiger partial charge in [0.25, 0.3) is 0 Å². The maximum absolute atomic E-state index is 6.12. The summed E-state index contributed by atoms with van der Waals surface area (Å²) in [6.45, 7) is 4.28. The van der Waals surface area contributed by atoms with Gasteiger partial charge in [0.2, 0.25) is 0 Å². The SMILES string of the molecule is NCCN1CC2CCCC(N)C2C1. The molecular weight excluding hydrogens is 162 g/mol. The van der Waals surface area contributed by atoms with Crippen LogP contribution in [0.4, 0.5) is 0 Å². The molecule has 0 aromatic heterocycles. The third-order valence-electron chi connectivity index (χ3n) is 3.67. The van der Waals surface area contributed by atoms with E-state index in [1.165, 1.54) is 32.4 Å². The minimum atomic E-state index is 0.460. The van der Waals surface area contributed by atoms with Crippen molar-refractivity contribution in [2.75, 3.05) is 26.2 Å². The lowest BCUT2D eigenvalue weighted by Crippen LogP contribution is -2.38. The quantitative estimate of drug-likeness (QED) is 0.634. The Kier molecular flexibility index (Phi) is 2.86. The second-order valence-electron chi connectivity index (χ2n) is 4.57. The van der Waals surface area contributed by atoms with Gasteiger partial charge in [0.05, 0.1) is 0 Å². The van der Waals surface area contributed by atoms with Gasteiger partial charge in [-0.2, -0.15) is 0 Å². The fourth-order valence-corrected chi connectivity index (χ4v) is 2.97. The Balaban J connectivity index is 1.92. The monoisotopic (exact) mass is 183 g/mol. The highest BCUT2D eigenvalue weighted by molar-refractivity contribution is 4.92. The molecular formula is C10H21N3. The van der Waals surface area contributed by atoms with Crippen molar-refractivity contribution in [3.63, 3.8) is 0 Å². The van der Waals surface area contributed by atoms with Crippen LogP contribution in [0.3, 0.4) is 0 Å². The van der Waals surface area contributed by atoms with Crippen molar-refractivity contribution in [3.8, 4) is 0 Å². The Bertz CT molecular complexity index is 172. The van der Waals surface area contributed by atoms with E-state index in [4.69, 9.17) is 11.5 Å². The number of hydrogen-bond donors (Lipinski definition) is 2. The summed E-state index contributed by atoms with van der Waals surface area (Å²) >= 11 is 0. The van der Waals surface area contributed by atoms with Gasteiger partial charge in [-0.25, -0.2) is 0 Å². The van der Waals surface area contributed by atoms with Crippen molar-refractivity contribution >= 4 is 0 Å². The van der Waals surface area contributed by atoms with Crippen molar-refractivity contribution in [2.45, 2.75) is 25.3 Å². The summed E-state index contributed by atoms with van der Waals surface area (Å²) in [5, 5.41) is 0. The molecule has 13 heavy (non-hydrogen) atoms. The molecule has 2 rings (SSSR count). The van der Waals surface area contributed by atoms with E-state index in [0.29, 0.717) is 6.04 Å². The van der Waals surface area contributed by atoms with E-state index in [0.717, 1.165) is 24.9 Å². The van der Waals surface area contributed by atoms with Gasteiger partial charge in [-0.3, -0.25) is 0 Å². The van der Waals surface area contributed by atoms with Crippen LogP contribution in [0.5, 0.6) is 0 Å². The van der Waals surface area contributed by atoms with Crippen LogP contribution in [0.2, 0.25) is 0 Å². The van der Waals surface area contributed by atoms with Gasteiger partial charge >= 0.3 is 0 Å². The Hall–Kier alpha value is -0.120. The highest BCUT2D eigenvalue weighted by Gasteiger charge is 2.37. The summed E-state index contributed by atoms with van der Waals surface area (Å²) < 4.78 is 0. The number of likely N-dealkylation sites (tertiary alicyclic amines) is 1. The first-order chi connectivity index (χ1) is 6.31. The number of rotatable bonds is 2. The van der Waals surface area contributed by atoms with Crippen LogP contribution < -0.4 is 11.5 Å². The lowest BCUT2D eigenvalue weighted by Gasteiger charge is -2.29. The fraction of sp³-hybridized carbons (Fsp3) is 1.00. The molecule has 2 fully saturated rings. The smallest absolute Gasteiger partial charge is 0.0105 e. The molecule has 4 N–H and O–H groups in total. The van der Waals surface area contributed by atoms with E-state index in [-0.39, 0.29) is 0 Å². The summed E-state index contributed by atoms with van der Waals surface area (Å²) in [5.74, 6) is 1.63. The molecule has 1 saturated carbocycles. The first-order valence-corrected chi connectivity index (χ1v) is 5.49. The minimum absolute atomic E-state index is 0.460. The molecule has 1 aliphatic carbocycles. The third-order valence-corrected chi connectivity index (χ3v) is 3.67. The summed E-state index contributed by atoms with van der Waals surface area (Å²) in [6, 6.07) is 0.460. The van der Waals surface area contributed by atoms with E-state index in [1.807, 2.05) is 0 Å². The van der Waals surface area contributed by atoms with Gasteiger partial charge in [0.15, 0.2) is 0 Å². The second-order valence-corrected chi connectivity index (χ2v) is 4.57. The number of nitrogens with zero attached hydrogens (tertiary/aromatic N) is 1. The van der Waals surface area contributed by atoms with Crippen molar-refractivity contribution in [1.82, 2.24) is 4.90 Å². The standard InChI is InChI=1S/C10H21N3/c11-4-5-13-6-8-2-1-3-10(12)9(8)7-13/h8-10H,1-7,11-12H2. The maximum Gasteiger partial charge on any atom is 0.0105 e. The zero-order valence-corrected chi connectivity index (χ0v) is 8.28. The van der Waals surface area contributed by atoms with Gasteiger partial charge < -0.3 is 16.4 Å². The first-order valence-electron chi connectivity index (χ1n) is 5.49. The summed E-state index contributed by atoms with van der Waals surface area (Å²) in [7, 11) is 0. The molecule has 76 valence electrons. The van der Waals surface area contributed by atoms with Crippen molar-refractivity contribution in [1.29, 1.82) is 0 Å². The van der Waals surface area contributed by atoms with Crippen LogP contribution in [0, 0.1) is 11.8 Å². The molecule has 3 unspecified atom stereocenters. The van der Waals surface area contributed by atoms with E-state index in [1.54, 1.807) is 0 Å². The summed E-state index contributed by atoms with van der Waals surface area (Å²) in [5.41, 5.74) is 11.7. The third kappa shape index (κ3) is 1.87. The zero-order valence-electron chi connectivity index (χ0n) is 8.28. The van der Waals surface area contributed by atoms with E-state index in [2.05, 4.69) is 4.90 Å². The molecule has 0 amide bonds. The van der Waals surface area contributed by atoms with Gasteiger partial charge in [0, 0.05) is 32.2 Å². The highest BCUT2D eigenvalue weighted by Crippen LogP contribution is 2.35. The largest absolute Gasteiger partial charge is 0.329 e. The van der Waals surface area contributed by atoms with Gasteiger partial charge in [0.1, 0.15) is 0 Å². The molecule has 0 spiro atoms. The molecule has 3 atom stereocenters. The molecule has 0 radical (unpaired) electrons. The lowest BCUT2D eigenvalue weighted by atomic mass is 9.78. The van der Waals surface area contributed by atoms with Crippen molar-refractivity contribution in [3.05, 3.63) is 0 Å². The van der Waals surface area contributed by atoms with E-state index in [9.17, 15) is 0 Å². The molecule has 3 nitrogen and oxygen atoms in total. The number of fused-ring (bicyclic) bond motifs is 1. The molecule has 1 aliphatic heterocycles. The summed E-state index contributed by atoms with van der Waals surface area (Å²) in [4.78, 5) is 2.49. The first kappa shape index (κ1) is 9.44. The van der Waals surface area contributed by atoms with Crippen LogP contribution in [0.25, 0.3) is 0 Å². The lowest BCUT2D eigenvalue weighted by molar-refractivity contribution is 0.259. The Morgan fingerprint density at radius 1 is 1.23 bits per heavy atom. The van der Waals surface area contributed by atoms with Gasteiger partial charge in [-0.1, -0.05) is 6.42 Å². The van der Waals surface area contributed by atoms with Crippen LogP contribution in [0.1, 0.15) is 19.3 Å². The topological polar surface area (TPSA) is 55.3 Å². The predicted octanol–water partition coefficient (Wildman–Crippen LogP) is 0.00430. The van der Waals surface area contributed by atoms with Gasteiger partial charge in [-0.05, 0) is 24.7 Å². The van der Waals surface area contributed by atoms with Crippen molar-refractivity contribution in [2.24, 2.45) is 23.3 Å². The normalized spacial score (nSPS) is 40.6. The van der Waals surface area contributed by atoms with Crippen molar-refractivity contribution < 1.29 is 0 Å². The predicted molar refractivity (Wildman–Crippen MR) is 54.3 cm³/mol. The average Bonchev–Trinajstić information content (AvgIpc) is 2.49. The Morgan fingerprint density at radius 2 is 2.08 bits per heavy atom. The molecule has 0 bridgehead atoms. The molecule has 3 heteroatoms. The van der Waals surface area contributed by atoms with Gasteiger partial charge in [-0.15, -0.1) is 0 Å². The highest BCUT2D eigenvalue weighted by atomic mass is 15.2. The molecule has 1 heterocycles. The number of hydrogen-bond acceptors (Lipinski definition) is 3. The molecule has 0 aromatic carbocycles. The molecule has 0 aromatic rings. The van der Waals surface area contributed by atoms with Crippen LogP contribution in [0.15, 0.2) is 0 Å². The Morgan fingerprint density at radius 3 is 2.77 bits per heavy atom. The second kappa shape index (κ2) is 3.95. The zero-order chi connectivity index (χ0) is 9.26.